The first-order chi connectivity index (χ1) is 9.11. The molecule has 2 rings (SSSR count). The summed E-state index contributed by atoms with van der Waals surface area (Å²) >= 11 is 0. The van der Waals surface area contributed by atoms with Gasteiger partial charge in [-0.05, 0) is 36.1 Å². The molecule has 4 heteroatoms. The van der Waals surface area contributed by atoms with Gasteiger partial charge in [0.1, 0.15) is 5.82 Å². The van der Waals surface area contributed by atoms with Crippen LogP contribution in [0.3, 0.4) is 0 Å². The Bertz CT molecular complexity index is 487. The van der Waals surface area contributed by atoms with Crippen molar-refractivity contribution in [3.05, 3.63) is 41.7 Å². The molecule has 2 atom stereocenters. The van der Waals surface area contributed by atoms with Crippen molar-refractivity contribution in [2.45, 2.75) is 19.4 Å². The maximum Gasteiger partial charge on any atom is 0.246 e. The average molecular weight is 263 g/mol. The molecular weight excluding hydrogens is 245 g/mol. The monoisotopic (exact) mass is 263 g/mol. The van der Waals surface area contributed by atoms with Crippen molar-refractivity contribution in [1.82, 2.24) is 4.90 Å². The van der Waals surface area contributed by atoms with E-state index in [2.05, 4.69) is 0 Å². The van der Waals surface area contributed by atoms with Crippen LogP contribution >= 0.6 is 0 Å². The molecule has 1 aromatic rings. The van der Waals surface area contributed by atoms with Gasteiger partial charge in [0.25, 0.3) is 0 Å². The van der Waals surface area contributed by atoms with Gasteiger partial charge in [-0.15, -0.1) is 0 Å². The molecule has 0 bridgehead atoms. The summed E-state index contributed by atoms with van der Waals surface area (Å²) in [6.45, 7) is 2.68. The van der Waals surface area contributed by atoms with Gasteiger partial charge in [0.15, 0.2) is 0 Å². The summed E-state index contributed by atoms with van der Waals surface area (Å²) in [5.41, 5.74) is 0.654. The van der Waals surface area contributed by atoms with E-state index in [1.54, 1.807) is 23.1 Å². The third-order valence-electron chi connectivity index (χ3n) is 3.62. The van der Waals surface area contributed by atoms with Crippen LogP contribution in [0.25, 0.3) is 6.08 Å². The van der Waals surface area contributed by atoms with Crippen LogP contribution in [0.1, 0.15) is 18.9 Å². The Labute approximate surface area is 112 Å². The van der Waals surface area contributed by atoms with Crippen LogP contribution in [0.15, 0.2) is 30.3 Å². The van der Waals surface area contributed by atoms with Crippen LogP contribution in [0.4, 0.5) is 4.39 Å². The van der Waals surface area contributed by atoms with E-state index >= 15 is 0 Å². The Morgan fingerprint density at radius 1 is 1.58 bits per heavy atom. The first kappa shape index (κ1) is 13.7. The van der Waals surface area contributed by atoms with Gasteiger partial charge in [0.2, 0.25) is 5.91 Å². The molecule has 0 aromatic heterocycles. The zero-order chi connectivity index (χ0) is 13.8. The Kier molecular flexibility index (Phi) is 4.32. The number of likely N-dealkylation sites (tertiary alicyclic amines) is 1. The molecule has 2 unspecified atom stereocenters. The Balaban J connectivity index is 2.05. The van der Waals surface area contributed by atoms with Gasteiger partial charge < -0.3 is 10.0 Å². The zero-order valence-corrected chi connectivity index (χ0v) is 10.9. The second-order valence-electron chi connectivity index (χ2n) is 4.94. The lowest BCUT2D eigenvalue weighted by molar-refractivity contribution is -0.127. The van der Waals surface area contributed by atoms with Crippen LogP contribution in [-0.2, 0) is 4.79 Å². The number of aliphatic hydroxyl groups is 1. The first-order valence-corrected chi connectivity index (χ1v) is 6.47. The molecule has 1 amide bonds. The number of nitrogens with zero attached hydrogens (tertiary/aromatic N) is 1. The summed E-state index contributed by atoms with van der Waals surface area (Å²) in [6.07, 6.45) is 3.95. The summed E-state index contributed by atoms with van der Waals surface area (Å²) in [5, 5.41) is 9.31. The molecule has 102 valence electrons. The standard InChI is InChI=1S/C15H18FNO2/c1-11-7-8-17(14(11)10-18)15(19)6-5-12-3-2-4-13(16)9-12/h2-6,9,11,14,18H,7-8,10H2,1H3/b6-5+. The van der Waals surface area contributed by atoms with Gasteiger partial charge in [0, 0.05) is 12.6 Å². The van der Waals surface area contributed by atoms with Crippen molar-refractivity contribution in [3.8, 4) is 0 Å². The fourth-order valence-electron chi connectivity index (χ4n) is 2.43. The number of aliphatic hydroxyl groups excluding tert-OH is 1. The number of benzene rings is 1. The summed E-state index contributed by atoms with van der Waals surface area (Å²) in [7, 11) is 0. The van der Waals surface area contributed by atoms with Crippen molar-refractivity contribution in [3.63, 3.8) is 0 Å². The molecule has 19 heavy (non-hydrogen) atoms. The Morgan fingerprint density at radius 2 is 2.37 bits per heavy atom. The van der Waals surface area contributed by atoms with E-state index in [-0.39, 0.29) is 24.4 Å². The van der Waals surface area contributed by atoms with E-state index in [4.69, 9.17) is 0 Å². The van der Waals surface area contributed by atoms with Crippen LogP contribution in [0.2, 0.25) is 0 Å². The highest BCUT2D eigenvalue weighted by atomic mass is 19.1. The number of carbonyl (C=O) groups is 1. The van der Waals surface area contributed by atoms with Crippen LogP contribution in [0, 0.1) is 11.7 Å². The van der Waals surface area contributed by atoms with Crippen molar-refractivity contribution < 1.29 is 14.3 Å². The van der Waals surface area contributed by atoms with Gasteiger partial charge in [-0.1, -0.05) is 19.1 Å². The second-order valence-corrected chi connectivity index (χ2v) is 4.94. The SMILES string of the molecule is CC1CCN(C(=O)/C=C/c2cccc(F)c2)C1CO. The molecule has 0 saturated carbocycles. The van der Waals surface area contributed by atoms with E-state index in [1.165, 1.54) is 18.2 Å². The van der Waals surface area contributed by atoms with Crippen LogP contribution in [-0.4, -0.2) is 35.1 Å². The van der Waals surface area contributed by atoms with Gasteiger partial charge in [-0.25, -0.2) is 4.39 Å². The minimum absolute atomic E-state index is 0.0132. The van der Waals surface area contributed by atoms with Crippen molar-refractivity contribution in [1.29, 1.82) is 0 Å². The van der Waals surface area contributed by atoms with Crippen molar-refractivity contribution >= 4 is 12.0 Å². The van der Waals surface area contributed by atoms with Crippen LogP contribution < -0.4 is 0 Å². The highest BCUT2D eigenvalue weighted by molar-refractivity contribution is 5.92. The average Bonchev–Trinajstić information content (AvgIpc) is 2.77. The number of halogens is 1. The van der Waals surface area contributed by atoms with E-state index in [9.17, 15) is 14.3 Å². The third-order valence-corrected chi connectivity index (χ3v) is 3.62. The summed E-state index contributed by atoms with van der Waals surface area (Å²) in [5.74, 6) is -0.137. The quantitative estimate of drug-likeness (QED) is 0.848. The summed E-state index contributed by atoms with van der Waals surface area (Å²) in [6, 6.07) is 5.98. The van der Waals surface area contributed by atoms with Gasteiger partial charge in [-0.3, -0.25) is 4.79 Å². The Morgan fingerprint density at radius 3 is 3.05 bits per heavy atom. The van der Waals surface area contributed by atoms with Gasteiger partial charge >= 0.3 is 0 Å². The maximum atomic E-state index is 13.0. The number of carbonyl (C=O) groups excluding carboxylic acids is 1. The highest BCUT2D eigenvalue weighted by Crippen LogP contribution is 2.23. The normalized spacial score (nSPS) is 23.2. The number of amides is 1. The minimum Gasteiger partial charge on any atom is -0.394 e. The molecule has 1 heterocycles. The largest absolute Gasteiger partial charge is 0.394 e. The topological polar surface area (TPSA) is 40.5 Å². The smallest absolute Gasteiger partial charge is 0.246 e. The number of rotatable bonds is 3. The van der Waals surface area contributed by atoms with E-state index in [1.807, 2.05) is 6.92 Å². The molecule has 1 aliphatic heterocycles. The van der Waals surface area contributed by atoms with Gasteiger partial charge in [-0.2, -0.15) is 0 Å². The fraction of sp³-hybridized carbons (Fsp3) is 0.400. The molecule has 0 spiro atoms. The molecular formula is C15H18FNO2. The second kappa shape index (κ2) is 5.97. The van der Waals surface area contributed by atoms with E-state index < -0.39 is 0 Å². The molecule has 1 aliphatic rings. The predicted molar refractivity (Wildman–Crippen MR) is 71.8 cm³/mol. The highest BCUT2D eigenvalue weighted by Gasteiger charge is 2.32. The van der Waals surface area contributed by atoms with Crippen molar-refractivity contribution in [2.75, 3.05) is 13.2 Å². The zero-order valence-electron chi connectivity index (χ0n) is 10.9. The fourth-order valence-corrected chi connectivity index (χ4v) is 2.43. The first-order valence-electron chi connectivity index (χ1n) is 6.47. The lowest BCUT2D eigenvalue weighted by Crippen LogP contribution is -2.38. The minimum atomic E-state index is -0.322. The molecule has 3 nitrogen and oxygen atoms in total. The lowest BCUT2D eigenvalue weighted by atomic mass is 10.0. The molecule has 0 aliphatic carbocycles. The van der Waals surface area contributed by atoms with Gasteiger partial charge in [0.05, 0.1) is 12.6 Å². The molecule has 1 saturated heterocycles. The molecule has 1 fully saturated rings. The number of hydrogen-bond donors (Lipinski definition) is 1. The van der Waals surface area contributed by atoms with E-state index in [0.29, 0.717) is 18.0 Å². The maximum absolute atomic E-state index is 13.0. The molecule has 0 radical (unpaired) electrons. The van der Waals surface area contributed by atoms with E-state index in [0.717, 1.165) is 6.42 Å². The Hall–Kier alpha value is -1.68. The predicted octanol–water partition coefficient (Wildman–Crippen LogP) is 2.07. The summed E-state index contributed by atoms with van der Waals surface area (Å²) < 4.78 is 13.0. The van der Waals surface area contributed by atoms with Crippen LogP contribution in [0.5, 0.6) is 0 Å². The molecule has 1 N–H and O–H groups in total. The summed E-state index contributed by atoms with van der Waals surface area (Å²) in [4.78, 5) is 13.7. The molecule has 1 aromatic carbocycles. The van der Waals surface area contributed by atoms with Crippen molar-refractivity contribution in [2.24, 2.45) is 5.92 Å². The third kappa shape index (κ3) is 3.20. The number of hydrogen-bond acceptors (Lipinski definition) is 2. The lowest BCUT2D eigenvalue weighted by Gasteiger charge is -2.23.